The third-order valence-electron chi connectivity index (χ3n) is 4.16. The lowest BCUT2D eigenvalue weighted by atomic mass is 9.83. The number of carbonyl (C=O) groups excluding carboxylic acids is 2. The molecule has 0 unspecified atom stereocenters. The molecule has 128 valence electrons. The summed E-state index contributed by atoms with van der Waals surface area (Å²) in [6.45, 7) is 6.39. The summed E-state index contributed by atoms with van der Waals surface area (Å²) in [4.78, 5) is 24.9. The van der Waals surface area contributed by atoms with Crippen LogP contribution >= 0.6 is 0 Å². The number of Topliss-reactive ketones (excluding diaryl/α,β-unsaturated/α-hetero) is 1. The molecule has 2 aromatic rings. The van der Waals surface area contributed by atoms with E-state index >= 15 is 0 Å². The largest absolute Gasteiger partial charge is 0.494 e. The summed E-state index contributed by atoms with van der Waals surface area (Å²) in [7, 11) is 0. The molecule has 3 rings (SSSR count). The van der Waals surface area contributed by atoms with Crippen molar-refractivity contribution in [2.75, 3.05) is 6.61 Å². The van der Waals surface area contributed by atoms with Gasteiger partial charge in [0.1, 0.15) is 5.75 Å². The highest BCUT2D eigenvalue weighted by atomic mass is 16.5. The molecule has 0 radical (unpaired) electrons. The lowest BCUT2D eigenvalue weighted by Crippen LogP contribution is -2.50. The fourth-order valence-electron chi connectivity index (χ4n) is 2.99. The number of ketones is 1. The molecule has 2 amide bonds. The van der Waals surface area contributed by atoms with Crippen molar-refractivity contribution in [2.24, 2.45) is 5.92 Å². The van der Waals surface area contributed by atoms with Crippen LogP contribution in [0.2, 0.25) is 0 Å². The number of hydrogen-bond donors (Lipinski definition) is 2. The molecule has 5 nitrogen and oxygen atoms in total. The molecule has 25 heavy (non-hydrogen) atoms. The maximum absolute atomic E-state index is 13.0. The number of hydrogen-bond acceptors (Lipinski definition) is 3. The van der Waals surface area contributed by atoms with Gasteiger partial charge >= 0.3 is 6.03 Å². The van der Waals surface area contributed by atoms with Crippen molar-refractivity contribution in [1.29, 1.82) is 0 Å². The monoisotopic (exact) mass is 336 g/mol. The van der Waals surface area contributed by atoms with Gasteiger partial charge in [-0.15, -0.1) is 0 Å². The average molecular weight is 336 g/mol. The van der Waals surface area contributed by atoms with Crippen molar-refractivity contribution < 1.29 is 14.3 Å². The molecule has 5 heteroatoms. The van der Waals surface area contributed by atoms with Gasteiger partial charge in [0.2, 0.25) is 0 Å². The first-order valence-corrected chi connectivity index (χ1v) is 8.18. The van der Waals surface area contributed by atoms with E-state index in [9.17, 15) is 9.59 Å². The van der Waals surface area contributed by atoms with Gasteiger partial charge in [0.25, 0.3) is 0 Å². The number of ether oxygens (including phenoxy) is 1. The topological polar surface area (TPSA) is 67.4 Å². The Kier molecular flexibility index (Phi) is 4.84. The van der Waals surface area contributed by atoms with Gasteiger partial charge in [0, 0.05) is 11.3 Å². The van der Waals surface area contributed by atoms with Crippen molar-refractivity contribution in [3.8, 4) is 5.75 Å². The SMILES string of the molecule is C=C1NC(=O)N[C@H](c2ccc(OCC)cc2)[C@@H]1C(=O)c1ccccc1. The normalized spacial score (nSPS) is 19.7. The summed E-state index contributed by atoms with van der Waals surface area (Å²) in [6, 6.07) is 15.6. The van der Waals surface area contributed by atoms with Gasteiger partial charge in [0.15, 0.2) is 5.78 Å². The van der Waals surface area contributed by atoms with Crippen molar-refractivity contribution >= 4 is 11.8 Å². The predicted molar refractivity (Wildman–Crippen MR) is 95.4 cm³/mol. The molecule has 2 aromatic carbocycles. The second-order valence-corrected chi connectivity index (χ2v) is 5.81. The lowest BCUT2D eigenvalue weighted by molar-refractivity contribution is 0.0905. The molecule has 0 bridgehead atoms. The second kappa shape index (κ2) is 7.21. The maximum atomic E-state index is 13.0. The highest BCUT2D eigenvalue weighted by molar-refractivity contribution is 6.01. The molecule has 2 N–H and O–H groups in total. The Morgan fingerprint density at radius 2 is 1.80 bits per heavy atom. The van der Waals surface area contributed by atoms with Gasteiger partial charge in [-0.05, 0) is 24.6 Å². The van der Waals surface area contributed by atoms with Crippen LogP contribution in [-0.4, -0.2) is 18.4 Å². The van der Waals surface area contributed by atoms with Crippen molar-refractivity contribution in [3.05, 3.63) is 78.0 Å². The second-order valence-electron chi connectivity index (χ2n) is 5.81. The lowest BCUT2D eigenvalue weighted by Gasteiger charge is -2.34. The molecule has 0 spiro atoms. The Hall–Kier alpha value is -3.08. The zero-order chi connectivity index (χ0) is 17.8. The highest BCUT2D eigenvalue weighted by Gasteiger charge is 2.37. The number of rotatable bonds is 5. The molecule has 0 aliphatic carbocycles. The zero-order valence-electron chi connectivity index (χ0n) is 14.0. The van der Waals surface area contributed by atoms with Crippen LogP contribution in [0.25, 0.3) is 0 Å². The van der Waals surface area contributed by atoms with Crippen LogP contribution in [0.4, 0.5) is 4.79 Å². The maximum Gasteiger partial charge on any atom is 0.319 e. The van der Waals surface area contributed by atoms with Crippen molar-refractivity contribution in [3.63, 3.8) is 0 Å². The molecule has 1 saturated heterocycles. The van der Waals surface area contributed by atoms with Gasteiger partial charge in [-0.3, -0.25) is 4.79 Å². The Bertz CT molecular complexity index is 784. The Morgan fingerprint density at radius 3 is 2.44 bits per heavy atom. The highest BCUT2D eigenvalue weighted by Crippen LogP contribution is 2.32. The van der Waals surface area contributed by atoms with E-state index in [2.05, 4.69) is 17.2 Å². The van der Waals surface area contributed by atoms with Crippen molar-refractivity contribution in [2.45, 2.75) is 13.0 Å². The number of amides is 2. The van der Waals surface area contributed by atoms with E-state index < -0.39 is 12.0 Å². The Morgan fingerprint density at radius 1 is 1.12 bits per heavy atom. The Labute approximate surface area is 146 Å². The molecular weight excluding hydrogens is 316 g/mol. The van der Waals surface area contributed by atoms with E-state index in [1.54, 1.807) is 12.1 Å². The summed E-state index contributed by atoms with van der Waals surface area (Å²) < 4.78 is 5.45. The molecule has 2 atom stereocenters. The Balaban J connectivity index is 1.94. The van der Waals surface area contributed by atoms with Gasteiger partial charge in [-0.1, -0.05) is 49.0 Å². The predicted octanol–water partition coefficient (Wildman–Crippen LogP) is 3.45. The number of benzene rings is 2. The summed E-state index contributed by atoms with van der Waals surface area (Å²) >= 11 is 0. The number of carbonyl (C=O) groups is 2. The number of urea groups is 1. The molecule has 1 aliphatic heterocycles. The van der Waals surface area contributed by atoms with E-state index in [0.717, 1.165) is 11.3 Å². The van der Waals surface area contributed by atoms with Crippen LogP contribution < -0.4 is 15.4 Å². The fourth-order valence-corrected chi connectivity index (χ4v) is 2.99. The fraction of sp³-hybridized carbons (Fsp3) is 0.200. The third kappa shape index (κ3) is 3.55. The first-order chi connectivity index (χ1) is 12.1. The molecule has 0 saturated carbocycles. The van der Waals surface area contributed by atoms with Crippen LogP contribution in [0.15, 0.2) is 66.9 Å². The molecule has 1 aliphatic rings. The van der Waals surface area contributed by atoms with Gasteiger partial charge in [-0.25, -0.2) is 4.79 Å². The molecule has 0 aromatic heterocycles. The van der Waals surface area contributed by atoms with E-state index in [1.807, 2.05) is 49.4 Å². The molecule has 1 heterocycles. The van der Waals surface area contributed by atoms with E-state index in [4.69, 9.17) is 4.74 Å². The minimum absolute atomic E-state index is 0.0861. The minimum Gasteiger partial charge on any atom is -0.494 e. The van der Waals surface area contributed by atoms with Gasteiger partial charge in [-0.2, -0.15) is 0 Å². The molecular formula is C20H20N2O3. The average Bonchev–Trinajstić information content (AvgIpc) is 2.62. The number of nitrogens with one attached hydrogen (secondary N) is 2. The van der Waals surface area contributed by atoms with Crippen LogP contribution in [0, 0.1) is 5.92 Å². The summed E-state index contributed by atoms with van der Waals surface area (Å²) in [5.74, 6) is 0.0753. The van der Waals surface area contributed by atoms with E-state index in [1.165, 1.54) is 0 Å². The first kappa shape index (κ1) is 16.8. The first-order valence-electron chi connectivity index (χ1n) is 8.18. The van der Waals surface area contributed by atoms with Crippen LogP contribution in [0.5, 0.6) is 5.75 Å². The molecule has 1 fully saturated rings. The minimum atomic E-state index is -0.585. The zero-order valence-corrected chi connectivity index (χ0v) is 14.0. The van der Waals surface area contributed by atoms with E-state index in [-0.39, 0.29) is 11.8 Å². The summed E-state index contributed by atoms with van der Waals surface area (Å²) in [6.07, 6.45) is 0. The van der Waals surface area contributed by atoms with Crippen LogP contribution in [0.3, 0.4) is 0 Å². The quantitative estimate of drug-likeness (QED) is 0.822. The summed E-state index contributed by atoms with van der Waals surface area (Å²) in [5, 5.41) is 5.46. The van der Waals surface area contributed by atoms with Crippen LogP contribution in [-0.2, 0) is 0 Å². The third-order valence-corrected chi connectivity index (χ3v) is 4.16. The summed E-state index contributed by atoms with van der Waals surface area (Å²) in [5.41, 5.74) is 1.81. The van der Waals surface area contributed by atoms with Crippen LogP contribution in [0.1, 0.15) is 28.9 Å². The smallest absolute Gasteiger partial charge is 0.319 e. The van der Waals surface area contributed by atoms with Gasteiger partial charge in [0.05, 0.1) is 18.6 Å². The van der Waals surface area contributed by atoms with E-state index in [0.29, 0.717) is 17.9 Å². The van der Waals surface area contributed by atoms with Gasteiger partial charge < -0.3 is 15.4 Å². The standard InChI is InChI=1S/C20H20N2O3/c1-3-25-16-11-9-14(10-12-16)18-17(13(2)21-20(24)22-18)19(23)15-7-5-4-6-8-15/h4-12,17-18H,2-3H2,1H3,(H2,21,22,24)/t17-,18-/m1/s1. The van der Waals surface area contributed by atoms with Crippen molar-refractivity contribution in [1.82, 2.24) is 10.6 Å².